The number of esters is 2. The van der Waals surface area contributed by atoms with E-state index in [9.17, 15) is 18.9 Å². The zero-order valence-corrected chi connectivity index (χ0v) is 38.2. The average Bonchev–Trinajstić information content (AvgIpc) is 3.77. The largest absolute Gasteiger partial charge is 0.465 e. The van der Waals surface area contributed by atoms with Gasteiger partial charge in [0.25, 0.3) is 5.56 Å². The van der Waals surface area contributed by atoms with Crippen molar-refractivity contribution in [3.63, 3.8) is 0 Å². The Labute approximate surface area is 363 Å². The first-order valence-electron chi connectivity index (χ1n) is 23.0. The van der Waals surface area contributed by atoms with Crippen molar-refractivity contribution in [2.24, 2.45) is 11.3 Å². The molecule has 2 aromatic heterocycles. The number of unbranched alkanes of at least 4 members (excludes halogenated alkanes) is 14. The summed E-state index contributed by atoms with van der Waals surface area (Å²) in [4.78, 5) is 49.6. The molecule has 4 rings (SSSR count). The van der Waals surface area contributed by atoms with Gasteiger partial charge >= 0.3 is 19.7 Å². The Kier molecular flexibility index (Phi) is 21.5. The lowest BCUT2D eigenvalue weighted by molar-refractivity contribution is -0.147. The molecular weight excluding hydrogens is 796 g/mol. The van der Waals surface area contributed by atoms with Crippen molar-refractivity contribution in [1.29, 1.82) is 0 Å². The van der Waals surface area contributed by atoms with Gasteiger partial charge in [0.2, 0.25) is 5.95 Å². The van der Waals surface area contributed by atoms with Crippen molar-refractivity contribution in [3.8, 4) is 5.75 Å². The van der Waals surface area contributed by atoms with Crippen molar-refractivity contribution in [2.45, 2.75) is 169 Å². The first-order chi connectivity index (χ1) is 29.5. The number of anilines is 1. The molecule has 2 unspecified atom stereocenters. The van der Waals surface area contributed by atoms with Gasteiger partial charge in [0.1, 0.15) is 24.7 Å². The van der Waals surface area contributed by atoms with E-state index in [1.807, 2.05) is 0 Å². The smallest absolute Gasteiger partial charge is 0.459 e. The first-order valence-corrected chi connectivity index (χ1v) is 24.6. The standard InChI is InChI=1S/C46H73N6O8P/c1-5-8-9-10-11-12-13-14-15-16-17-18-19-20-24-29-40(53)58-33-46(30-38(46)31-52-35-48-41-42(52)49-45(47)50-43(41)54)34-59-61(56,60-39-27-22-21-23-28-39)51-36(4)44(55)57-32-37(25-6-2)26-7-3/h21-23,27-28,31,35-37H,5-20,24-26,29-30,32-34H2,1-4H3,(H,51,56)(H3,47,49,50,54)/b38-31-/t36?,46?,61-/m0/s1. The highest BCUT2D eigenvalue weighted by Gasteiger charge is 2.52. The van der Waals surface area contributed by atoms with E-state index in [4.69, 9.17) is 24.3 Å². The zero-order chi connectivity index (χ0) is 43.9. The highest BCUT2D eigenvalue weighted by molar-refractivity contribution is 7.52. The van der Waals surface area contributed by atoms with Crippen LogP contribution in [0.1, 0.15) is 163 Å². The summed E-state index contributed by atoms with van der Waals surface area (Å²) in [5.74, 6) is -0.425. The van der Waals surface area contributed by atoms with E-state index in [2.05, 4.69) is 40.8 Å². The third-order valence-electron chi connectivity index (χ3n) is 11.4. The van der Waals surface area contributed by atoms with Crippen LogP contribution in [0.2, 0.25) is 0 Å². The highest BCUT2D eigenvalue weighted by atomic mass is 31.2. The molecule has 0 bridgehead atoms. The number of hydrogen-bond donors (Lipinski definition) is 3. The van der Waals surface area contributed by atoms with Gasteiger partial charge in [-0.25, -0.2) is 9.55 Å². The molecule has 14 nitrogen and oxygen atoms in total. The number of carbonyl (C=O) groups excluding carboxylic acids is 2. The molecule has 0 saturated heterocycles. The van der Waals surface area contributed by atoms with E-state index >= 15 is 0 Å². The third-order valence-corrected chi connectivity index (χ3v) is 13.0. The van der Waals surface area contributed by atoms with Gasteiger partial charge in [0.05, 0.1) is 18.6 Å². The number of carbonyl (C=O) groups is 2. The van der Waals surface area contributed by atoms with Gasteiger partial charge in [0, 0.05) is 12.6 Å². The lowest BCUT2D eigenvalue weighted by Gasteiger charge is -2.25. The second-order valence-electron chi connectivity index (χ2n) is 16.8. The van der Waals surface area contributed by atoms with Crippen molar-refractivity contribution < 1.29 is 32.7 Å². The van der Waals surface area contributed by atoms with Crippen LogP contribution in [0.15, 0.2) is 47.0 Å². The van der Waals surface area contributed by atoms with Crippen LogP contribution >= 0.6 is 7.75 Å². The topological polar surface area (TPSA) is 190 Å². The molecule has 3 atom stereocenters. The number of benzene rings is 1. The Morgan fingerprint density at radius 3 is 2.10 bits per heavy atom. The number of nitrogens with two attached hydrogens (primary N) is 1. The Morgan fingerprint density at radius 1 is 0.885 bits per heavy atom. The molecule has 3 aromatic rings. The number of nitrogen functional groups attached to an aromatic ring is 1. The molecule has 1 aliphatic rings. The third kappa shape index (κ3) is 17.4. The SMILES string of the molecule is CCCCCCCCCCCCCCCCCC(=O)OCC1(CO[P@@](=O)(NC(C)C(=O)OCC(CCC)CCC)Oc2ccccc2)C/C1=C/n1cnc2c(=O)[nH]c(N)nc21. The summed E-state index contributed by atoms with van der Waals surface area (Å²) in [6.07, 6.45) is 26.3. The Morgan fingerprint density at radius 2 is 1.49 bits per heavy atom. The molecule has 1 saturated carbocycles. The molecule has 2 heterocycles. The minimum absolute atomic E-state index is 0.0433. The average molecular weight is 869 g/mol. The fourth-order valence-electron chi connectivity index (χ4n) is 7.63. The molecule has 4 N–H and O–H groups in total. The van der Waals surface area contributed by atoms with E-state index in [0.717, 1.165) is 50.5 Å². The lowest BCUT2D eigenvalue weighted by atomic mass is 9.99. The quantitative estimate of drug-likeness (QED) is 0.0299. The fraction of sp³-hybridized carbons (Fsp3) is 0.674. The van der Waals surface area contributed by atoms with E-state index in [0.29, 0.717) is 12.8 Å². The van der Waals surface area contributed by atoms with E-state index in [1.54, 1.807) is 48.0 Å². The molecule has 61 heavy (non-hydrogen) atoms. The normalized spacial score (nSPS) is 17.1. The molecule has 0 amide bonds. The van der Waals surface area contributed by atoms with Gasteiger partial charge < -0.3 is 19.7 Å². The minimum Gasteiger partial charge on any atom is -0.465 e. The number of fused-ring (bicyclic) bond motifs is 1. The Bertz CT molecular complexity index is 1900. The predicted molar refractivity (Wildman–Crippen MR) is 242 cm³/mol. The summed E-state index contributed by atoms with van der Waals surface area (Å²) in [6.45, 7) is 8.07. The van der Waals surface area contributed by atoms with Crippen LogP contribution in [0.3, 0.4) is 0 Å². The number of aromatic nitrogens is 4. The number of nitrogens with zero attached hydrogens (tertiary/aromatic N) is 3. The molecule has 340 valence electrons. The van der Waals surface area contributed by atoms with Gasteiger partial charge in [-0.3, -0.25) is 28.5 Å². The Hall–Kier alpha value is -4.00. The second-order valence-corrected chi connectivity index (χ2v) is 18.5. The van der Waals surface area contributed by atoms with Crippen molar-refractivity contribution in [1.82, 2.24) is 24.6 Å². The van der Waals surface area contributed by atoms with Crippen LogP contribution < -0.4 is 20.9 Å². The molecule has 1 aliphatic carbocycles. The van der Waals surface area contributed by atoms with Crippen LogP contribution in [0.25, 0.3) is 17.4 Å². The van der Waals surface area contributed by atoms with Crippen LogP contribution in [-0.2, 0) is 28.2 Å². The predicted octanol–water partition coefficient (Wildman–Crippen LogP) is 10.7. The van der Waals surface area contributed by atoms with E-state index in [1.165, 1.54) is 83.4 Å². The number of para-hydroxylation sites is 1. The van der Waals surface area contributed by atoms with Crippen molar-refractivity contribution in [2.75, 3.05) is 25.6 Å². The number of rotatable bonds is 33. The van der Waals surface area contributed by atoms with E-state index < -0.39 is 30.7 Å². The number of imidazole rings is 1. The van der Waals surface area contributed by atoms with Crippen molar-refractivity contribution in [3.05, 3.63) is 52.6 Å². The summed E-state index contributed by atoms with van der Waals surface area (Å²) in [7, 11) is -4.24. The van der Waals surface area contributed by atoms with Crippen molar-refractivity contribution >= 4 is 43.0 Å². The van der Waals surface area contributed by atoms with Gasteiger partial charge in [-0.15, -0.1) is 0 Å². The number of aromatic amines is 1. The Balaban J connectivity index is 1.36. The maximum Gasteiger partial charge on any atom is 0.459 e. The van der Waals surface area contributed by atoms with Crippen LogP contribution in [0, 0.1) is 11.3 Å². The molecule has 15 heteroatoms. The summed E-state index contributed by atoms with van der Waals surface area (Å²) in [5, 5.41) is 2.80. The monoisotopic (exact) mass is 869 g/mol. The van der Waals surface area contributed by atoms with Crippen LogP contribution in [-0.4, -0.2) is 57.3 Å². The molecule has 0 aliphatic heterocycles. The molecular formula is C46H73N6O8P. The van der Waals surface area contributed by atoms with Gasteiger partial charge in [-0.1, -0.05) is 142 Å². The van der Waals surface area contributed by atoms with E-state index in [-0.39, 0.29) is 54.6 Å². The molecule has 0 radical (unpaired) electrons. The summed E-state index contributed by atoms with van der Waals surface area (Å²) in [5.41, 5.74) is 5.64. The minimum atomic E-state index is -4.24. The lowest BCUT2D eigenvalue weighted by Crippen LogP contribution is -2.36. The summed E-state index contributed by atoms with van der Waals surface area (Å²) < 4.78 is 39.7. The van der Waals surface area contributed by atoms with Gasteiger partial charge in [-0.05, 0) is 56.2 Å². The highest BCUT2D eigenvalue weighted by Crippen LogP contribution is 2.56. The van der Waals surface area contributed by atoms with Crippen LogP contribution in [0.5, 0.6) is 5.75 Å². The first kappa shape index (κ1) is 49.7. The van der Waals surface area contributed by atoms with Gasteiger partial charge in [-0.2, -0.15) is 10.1 Å². The fourth-order valence-corrected chi connectivity index (χ4v) is 9.21. The molecule has 1 aromatic carbocycles. The zero-order valence-electron chi connectivity index (χ0n) is 37.3. The number of H-pyrrole nitrogens is 1. The number of hydrogen-bond acceptors (Lipinski definition) is 11. The molecule has 0 spiro atoms. The number of ether oxygens (including phenoxy) is 2. The second kappa shape index (κ2) is 26.5. The molecule has 1 fully saturated rings. The summed E-state index contributed by atoms with van der Waals surface area (Å²) >= 11 is 0. The van der Waals surface area contributed by atoms with Gasteiger partial charge in [0.15, 0.2) is 11.2 Å². The van der Waals surface area contributed by atoms with Crippen LogP contribution in [0.4, 0.5) is 5.95 Å². The summed E-state index contributed by atoms with van der Waals surface area (Å²) in [6, 6.07) is 7.54. The maximum absolute atomic E-state index is 14.5. The maximum atomic E-state index is 14.5. The number of nitrogens with one attached hydrogen (secondary N) is 2.